The number of rotatable bonds is 8. The summed E-state index contributed by atoms with van der Waals surface area (Å²) in [6, 6.07) is 20.2. The lowest BCUT2D eigenvalue weighted by Gasteiger charge is -2.28. The van der Waals surface area contributed by atoms with Crippen LogP contribution in [0.15, 0.2) is 66.7 Å². The van der Waals surface area contributed by atoms with Gasteiger partial charge in [-0.15, -0.1) is 0 Å². The summed E-state index contributed by atoms with van der Waals surface area (Å²) in [5.74, 6) is 0.167. The van der Waals surface area contributed by atoms with Crippen LogP contribution in [0.1, 0.15) is 19.4 Å². The third-order valence-corrected chi connectivity index (χ3v) is 5.14. The van der Waals surface area contributed by atoms with Gasteiger partial charge in [0.2, 0.25) is 5.91 Å². The quantitative estimate of drug-likeness (QED) is 0.582. The van der Waals surface area contributed by atoms with E-state index in [1.54, 1.807) is 19.1 Å². The van der Waals surface area contributed by atoms with E-state index in [1.165, 1.54) is 4.90 Å². The number of hydrogen-bond donors (Lipinski definition) is 1. The molecule has 0 aliphatic rings. The summed E-state index contributed by atoms with van der Waals surface area (Å²) in [6.07, 6.45) is 0. The van der Waals surface area contributed by atoms with Crippen molar-refractivity contribution in [2.75, 3.05) is 13.2 Å². The number of benzene rings is 3. The molecule has 156 valence electrons. The first kappa shape index (κ1) is 21.7. The summed E-state index contributed by atoms with van der Waals surface area (Å²) in [7, 11) is 0. The Hall–Kier alpha value is -3.05. The fraction of sp³-hybridized carbons (Fsp3) is 0.250. The number of carbonyl (C=O) groups is 2. The fourth-order valence-corrected chi connectivity index (χ4v) is 3.36. The van der Waals surface area contributed by atoms with E-state index in [9.17, 15) is 9.59 Å². The summed E-state index contributed by atoms with van der Waals surface area (Å²) in [5, 5.41) is 5.37. The molecule has 3 aromatic carbocycles. The zero-order valence-electron chi connectivity index (χ0n) is 17.1. The minimum Gasteiger partial charge on any atom is -0.483 e. The minimum absolute atomic E-state index is 0.161. The first-order chi connectivity index (χ1) is 14.5. The third-order valence-electron chi connectivity index (χ3n) is 4.89. The molecule has 0 saturated heterocycles. The maximum atomic E-state index is 13.1. The van der Waals surface area contributed by atoms with Gasteiger partial charge in [-0.1, -0.05) is 60.1 Å². The van der Waals surface area contributed by atoms with Gasteiger partial charge < -0.3 is 15.0 Å². The second-order valence-electron chi connectivity index (χ2n) is 6.98. The molecule has 0 spiro atoms. The second-order valence-corrected chi connectivity index (χ2v) is 7.42. The van der Waals surface area contributed by atoms with E-state index >= 15 is 0 Å². The zero-order chi connectivity index (χ0) is 21.5. The van der Waals surface area contributed by atoms with Crippen LogP contribution in [0.2, 0.25) is 5.02 Å². The van der Waals surface area contributed by atoms with Gasteiger partial charge in [0, 0.05) is 23.5 Å². The largest absolute Gasteiger partial charge is 0.483 e. The van der Waals surface area contributed by atoms with Crippen molar-refractivity contribution in [2.45, 2.75) is 26.4 Å². The number of halogens is 1. The van der Waals surface area contributed by atoms with Crippen molar-refractivity contribution < 1.29 is 14.3 Å². The van der Waals surface area contributed by atoms with Gasteiger partial charge in [-0.25, -0.2) is 0 Å². The molecule has 0 aliphatic heterocycles. The molecule has 0 fully saturated rings. The van der Waals surface area contributed by atoms with Crippen LogP contribution in [0.5, 0.6) is 5.75 Å². The Morgan fingerprint density at radius 1 is 1.03 bits per heavy atom. The second kappa shape index (κ2) is 10.1. The average Bonchev–Trinajstić information content (AvgIpc) is 2.76. The van der Waals surface area contributed by atoms with Gasteiger partial charge in [-0.05, 0) is 43.0 Å². The summed E-state index contributed by atoms with van der Waals surface area (Å²) >= 11 is 5.97. The van der Waals surface area contributed by atoms with E-state index in [1.807, 2.05) is 61.5 Å². The number of carbonyl (C=O) groups excluding carboxylic acids is 2. The maximum Gasteiger partial charge on any atom is 0.261 e. The smallest absolute Gasteiger partial charge is 0.261 e. The monoisotopic (exact) mass is 424 g/mol. The van der Waals surface area contributed by atoms with Crippen LogP contribution in [0.4, 0.5) is 0 Å². The highest BCUT2D eigenvalue weighted by Gasteiger charge is 2.26. The molecule has 3 aromatic rings. The van der Waals surface area contributed by atoms with E-state index in [-0.39, 0.29) is 25.0 Å². The normalized spacial score (nSPS) is 11.7. The molecule has 1 unspecified atom stereocenters. The number of nitrogens with zero attached hydrogens (tertiary/aromatic N) is 1. The summed E-state index contributed by atoms with van der Waals surface area (Å²) in [6.45, 7) is 4.19. The molecule has 1 N–H and O–H groups in total. The highest BCUT2D eigenvalue weighted by atomic mass is 35.5. The van der Waals surface area contributed by atoms with Crippen molar-refractivity contribution in [3.63, 3.8) is 0 Å². The summed E-state index contributed by atoms with van der Waals surface area (Å²) in [4.78, 5) is 27.0. The fourth-order valence-electron chi connectivity index (χ4n) is 3.24. The van der Waals surface area contributed by atoms with Gasteiger partial charge in [-0.2, -0.15) is 0 Å². The van der Waals surface area contributed by atoms with Gasteiger partial charge in [0.05, 0.1) is 0 Å². The number of likely N-dealkylation sites (N-methyl/N-ethyl adjacent to an activating group) is 1. The number of fused-ring (bicyclic) bond motifs is 1. The molecule has 0 radical (unpaired) electrons. The van der Waals surface area contributed by atoms with E-state index in [0.29, 0.717) is 17.3 Å². The molecule has 6 heteroatoms. The van der Waals surface area contributed by atoms with Crippen LogP contribution >= 0.6 is 11.6 Å². The number of hydrogen-bond acceptors (Lipinski definition) is 3. The van der Waals surface area contributed by atoms with Crippen molar-refractivity contribution in [1.82, 2.24) is 10.2 Å². The predicted octanol–water partition coefficient (Wildman–Crippen LogP) is 4.43. The first-order valence-corrected chi connectivity index (χ1v) is 10.3. The van der Waals surface area contributed by atoms with Gasteiger partial charge in [0.1, 0.15) is 11.8 Å². The Labute approximate surface area is 181 Å². The lowest BCUT2D eigenvalue weighted by atomic mass is 10.1. The Morgan fingerprint density at radius 2 is 1.73 bits per heavy atom. The molecule has 0 bridgehead atoms. The van der Waals surface area contributed by atoms with Crippen LogP contribution in [-0.2, 0) is 16.1 Å². The molecule has 3 rings (SSSR count). The molecular weight excluding hydrogens is 400 g/mol. The Balaban J connectivity index is 1.78. The summed E-state index contributed by atoms with van der Waals surface area (Å²) < 4.78 is 5.86. The molecule has 0 saturated carbocycles. The van der Waals surface area contributed by atoms with Crippen molar-refractivity contribution in [3.05, 3.63) is 77.3 Å². The Morgan fingerprint density at radius 3 is 2.47 bits per heavy atom. The molecule has 0 aromatic heterocycles. The molecule has 0 aliphatic carbocycles. The van der Waals surface area contributed by atoms with Gasteiger partial charge in [-0.3, -0.25) is 9.59 Å². The standard InChI is InChI=1S/C24H25ClN2O3/c1-3-26-24(29)17(2)27(15-18-11-13-20(25)14-12-18)23(28)16-30-22-10-6-8-19-7-4-5-9-21(19)22/h4-14,17H,3,15-16H2,1-2H3,(H,26,29). The van der Waals surface area contributed by atoms with Crippen LogP contribution in [0.25, 0.3) is 10.8 Å². The molecule has 0 heterocycles. The van der Waals surface area contributed by atoms with Gasteiger partial charge in [0.15, 0.2) is 6.61 Å². The van der Waals surface area contributed by atoms with Crippen molar-refractivity contribution in [1.29, 1.82) is 0 Å². The topological polar surface area (TPSA) is 58.6 Å². The van der Waals surface area contributed by atoms with Gasteiger partial charge >= 0.3 is 0 Å². The Kier molecular flexibility index (Phi) is 7.31. The number of amides is 2. The molecule has 1 atom stereocenters. The lowest BCUT2D eigenvalue weighted by molar-refractivity contribution is -0.142. The van der Waals surface area contributed by atoms with E-state index in [0.717, 1.165) is 16.3 Å². The van der Waals surface area contributed by atoms with Crippen molar-refractivity contribution in [3.8, 4) is 5.75 Å². The SMILES string of the molecule is CCNC(=O)C(C)N(Cc1ccc(Cl)cc1)C(=O)COc1cccc2ccccc12. The van der Waals surface area contributed by atoms with Crippen LogP contribution in [-0.4, -0.2) is 35.9 Å². The molecular formula is C24H25ClN2O3. The molecule has 5 nitrogen and oxygen atoms in total. The highest BCUT2D eigenvalue weighted by Crippen LogP contribution is 2.25. The minimum atomic E-state index is -0.635. The third kappa shape index (κ3) is 5.30. The average molecular weight is 425 g/mol. The number of nitrogens with one attached hydrogen (secondary N) is 1. The first-order valence-electron chi connectivity index (χ1n) is 9.91. The van der Waals surface area contributed by atoms with Crippen LogP contribution < -0.4 is 10.1 Å². The van der Waals surface area contributed by atoms with Crippen LogP contribution in [0, 0.1) is 0 Å². The predicted molar refractivity (Wildman–Crippen MR) is 120 cm³/mol. The Bertz CT molecular complexity index is 1020. The highest BCUT2D eigenvalue weighted by molar-refractivity contribution is 6.30. The number of ether oxygens (including phenoxy) is 1. The van der Waals surface area contributed by atoms with E-state index < -0.39 is 6.04 Å². The maximum absolute atomic E-state index is 13.1. The molecule has 30 heavy (non-hydrogen) atoms. The van der Waals surface area contributed by atoms with E-state index in [2.05, 4.69) is 5.32 Å². The summed E-state index contributed by atoms with van der Waals surface area (Å²) in [5.41, 5.74) is 0.883. The van der Waals surface area contributed by atoms with Crippen molar-refractivity contribution >= 4 is 34.2 Å². The van der Waals surface area contributed by atoms with Crippen LogP contribution in [0.3, 0.4) is 0 Å². The van der Waals surface area contributed by atoms with Gasteiger partial charge in [0.25, 0.3) is 5.91 Å². The zero-order valence-corrected chi connectivity index (χ0v) is 17.9. The molecule has 2 amide bonds. The van der Waals surface area contributed by atoms with E-state index in [4.69, 9.17) is 16.3 Å². The lowest BCUT2D eigenvalue weighted by Crippen LogP contribution is -2.49. The van der Waals surface area contributed by atoms with Crippen molar-refractivity contribution in [2.24, 2.45) is 0 Å².